The highest BCUT2D eigenvalue weighted by Crippen LogP contribution is 2.60. The minimum atomic E-state index is -1.17. The van der Waals surface area contributed by atoms with E-state index in [9.17, 15) is 19.5 Å². The summed E-state index contributed by atoms with van der Waals surface area (Å²) in [5, 5.41) is 9.36. The summed E-state index contributed by atoms with van der Waals surface area (Å²) < 4.78 is 6.78. The normalized spacial score (nSPS) is 26.9. The smallest absolute Gasteiger partial charge is 0.253 e. The molecule has 9 heteroatoms. The molecule has 3 fully saturated rings. The Morgan fingerprint density at radius 2 is 1.75 bits per heavy atom. The van der Waals surface area contributed by atoms with E-state index in [-0.39, 0.29) is 42.2 Å². The number of carbonyl (C=O) groups excluding carboxylic acids is 3. The lowest BCUT2D eigenvalue weighted by Gasteiger charge is -2.38. The van der Waals surface area contributed by atoms with Gasteiger partial charge in [-0.3, -0.25) is 14.4 Å². The molecule has 8 nitrogen and oxygen atoms in total. The maximum Gasteiger partial charge on any atom is 0.253 e. The number of nitrogens with zero attached hydrogens (tertiary/aromatic N) is 3. The molecule has 3 aliphatic rings. The average Bonchev–Trinajstić information content (AvgIpc) is 3.61. The van der Waals surface area contributed by atoms with Gasteiger partial charge >= 0.3 is 0 Å². The number of aryl methyl sites for hydroxylation is 2. The molecule has 3 aliphatic heterocycles. The lowest BCUT2D eigenvalue weighted by molar-refractivity contribution is -0.140. The molecular weight excluding hydrogens is 622 g/mol. The molecule has 44 heavy (non-hydrogen) atoms. The second-order valence-corrected chi connectivity index (χ2v) is 13.3. The number of aliphatic hydroxyl groups is 1. The lowest BCUT2D eigenvalue weighted by atomic mass is 9.70. The molecule has 2 bridgehead atoms. The van der Waals surface area contributed by atoms with Crippen molar-refractivity contribution >= 4 is 45.0 Å². The van der Waals surface area contributed by atoms with Gasteiger partial charge in [0.1, 0.15) is 11.6 Å². The summed E-state index contributed by atoms with van der Waals surface area (Å²) in [5.74, 6) is -2.25. The topological polar surface area (TPSA) is 90.4 Å². The number of para-hydroxylation sites is 1. The number of unbranched alkanes of at least 4 members (excludes halogenated alkanes) is 2. The molecule has 0 saturated carbocycles. The molecule has 234 valence electrons. The summed E-state index contributed by atoms with van der Waals surface area (Å²) >= 11 is 3.79. The van der Waals surface area contributed by atoms with Gasteiger partial charge in [-0.25, -0.2) is 0 Å². The molecule has 3 amide bonds. The van der Waals surface area contributed by atoms with E-state index in [0.29, 0.717) is 37.9 Å². The van der Waals surface area contributed by atoms with Crippen LogP contribution in [0, 0.1) is 25.7 Å². The fourth-order valence-corrected chi connectivity index (χ4v) is 8.28. The van der Waals surface area contributed by atoms with Crippen LogP contribution in [-0.2, 0) is 19.1 Å². The standard InChI is InChI=1S/C35H42BrN3O5/c1-5-17-37(25-13-9-7-10-14-25)32(41)28-29-33(42)39(19-11-8-12-20-40)31(35(29)22-26(36)30(28)44-35)34(43)38(18-6-2)27-21-23(3)15-16-24(27)4/h5-7,9-10,13-16,21,26,28-31,40H,1-2,8,11-12,17-20,22H2,3-4H3/t26?,28-,29-,30-,31?,35?/m0/s1. The SMILES string of the molecule is C=CCN(C(=O)[C@H]1[C@H]2C(=O)N(CCCCCO)C(C(=O)N(CC=C)c3cc(C)ccc3C)C23CC(Br)[C@@H]1O3)c1ccccc1. The highest BCUT2D eigenvalue weighted by Gasteiger charge is 2.77. The molecule has 0 aliphatic carbocycles. The Hall–Kier alpha value is -3.27. The number of aliphatic hydroxyl groups excluding tert-OH is 1. The molecule has 6 atom stereocenters. The lowest BCUT2D eigenvalue weighted by Crippen LogP contribution is -2.57. The van der Waals surface area contributed by atoms with E-state index < -0.39 is 29.6 Å². The Balaban J connectivity index is 1.58. The number of rotatable bonds is 13. The third kappa shape index (κ3) is 5.54. The molecule has 1 N–H and O–H groups in total. The minimum absolute atomic E-state index is 0.0634. The van der Waals surface area contributed by atoms with Gasteiger partial charge in [-0.2, -0.15) is 0 Å². The van der Waals surface area contributed by atoms with E-state index in [1.807, 2.05) is 62.4 Å². The van der Waals surface area contributed by atoms with Crippen LogP contribution in [0.1, 0.15) is 36.8 Å². The number of fused-ring (bicyclic) bond motifs is 1. The van der Waals surface area contributed by atoms with Gasteiger partial charge in [-0.1, -0.05) is 58.4 Å². The zero-order chi connectivity index (χ0) is 31.6. The largest absolute Gasteiger partial charge is 0.396 e. The van der Waals surface area contributed by atoms with Gasteiger partial charge in [-0.15, -0.1) is 13.2 Å². The second-order valence-electron chi connectivity index (χ2n) is 12.1. The van der Waals surface area contributed by atoms with Gasteiger partial charge in [0, 0.05) is 42.4 Å². The van der Waals surface area contributed by atoms with Crippen LogP contribution >= 0.6 is 15.9 Å². The van der Waals surface area contributed by atoms with Crippen molar-refractivity contribution < 1.29 is 24.2 Å². The monoisotopic (exact) mass is 663 g/mol. The number of carbonyl (C=O) groups is 3. The molecule has 0 radical (unpaired) electrons. The highest BCUT2D eigenvalue weighted by molar-refractivity contribution is 9.09. The van der Waals surface area contributed by atoms with E-state index >= 15 is 0 Å². The van der Waals surface area contributed by atoms with Crippen LogP contribution in [0.3, 0.4) is 0 Å². The zero-order valence-electron chi connectivity index (χ0n) is 25.5. The zero-order valence-corrected chi connectivity index (χ0v) is 27.1. The molecule has 2 aromatic rings. The van der Waals surface area contributed by atoms with Crippen LogP contribution in [0.25, 0.3) is 0 Å². The van der Waals surface area contributed by atoms with E-state index in [4.69, 9.17) is 4.74 Å². The Morgan fingerprint density at radius 3 is 2.43 bits per heavy atom. The van der Waals surface area contributed by atoms with Gasteiger partial charge in [-0.05, 0) is 68.9 Å². The van der Waals surface area contributed by atoms with Crippen molar-refractivity contribution in [2.75, 3.05) is 36.0 Å². The van der Waals surface area contributed by atoms with Gasteiger partial charge in [0.15, 0.2) is 0 Å². The van der Waals surface area contributed by atoms with E-state index in [1.165, 1.54) is 0 Å². The van der Waals surface area contributed by atoms with Gasteiger partial charge in [0.05, 0.1) is 17.9 Å². The maximum absolute atomic E-state index is 14.9. The van der Waals surface area contributed by atoms with Crippen LogP contribution < -0.4 is 9.80 Å². The summed E-state index contributed by atoms with van der Waals surface area (Å²) in [6.45, 7) is 12.7. The number of halogens is 1. The van der Waals surface area contributed by atoms with Crippen molar-refractivity contribution in [2.24, 2.45) is 11.8 Å². The summed E-state index contributed by atoms with van der Waals surface area (Å²) in [4.78, 5) is 48.6. The van der Waals surface area contributed by atoms with E-state index in [0.717, 1.165) is 16.8 Å². The van der Waals surface area contributed by atoms with Crippen molar-refractivity contribution in [2.45, 2.75) is 62.1 Å². The second kappa shape index (κ2) is 13.4. The average molecular weight is 665 g/mol. The van der Waals surface area contributed by atoms with Gasteiger partial charge in [0.25, 0.3) is 5.91 Å². The van der Waals surface area contributed by atoms with Crippen LogP contribution in [0.4, 0.5) is 11.4 Å². The fraction of sp³-hybridized carbons (Fsp3) is 0.457. The molecule has 3 heterocycles. The first-order chi connectivity index (χ1) is 21.2. The number of alkyl halides is 1. The number of likely N-dealkylation sites (tertiary alicyclic amines) is 1. The van der Waals surface area contributed by atoms with E-state index in [2.05, 4.69) is 29.1 Å². The van der Waals surface area contributed by atoms with Crippen molar-refractivity contribution in [1.29, 1.82) is 0 Å². The first-order valence-electron chi connectivity index (χ1n) is 15.4. The van der Waals surface area contributed by atoms with Crippen LogP contribution in [0.2, 0.25) is 0 Å². The third-order valence-electron chi connectivity index (χ3n) is 9.24. The van der Waals surface area contributed by atoms with Crippen LogP contribution in [0.15, 0.2) is 73.8 Å². The maximum atomic E-state index is 14.9. The third-order valence-corrected chi connectivity index (χ3v) is 10.1. The molecule has 3 unspecified atom stereocenters. The van der Waals surface area contributed by atoms with Gasteiger partial charge in [0.2, 0.25) is 11.8 Å². The summed E-state index contributed by atoms with van der Waals surface area (Å²) in [5.41, 5.74) is 2.26. The molecule has 1 spiro atoms. The highest BCUT2D eigenvalue weighted by atomic mass is 79.9. The fourth-order valence-electron chi connectivity index (χ4n) is 7.34. The Bertz CT molecular complexity index is 1420. The number of benzene rings is 2. The van der Waals surface area contributed by atoms with Crippen molar-refractivity contribution in [3.05, 3.63) is 85.0 Å². The molecule has 0 aromatic heterocycles. The summed E-state index contributed by atoms with van der Waals surface area (Å²) in [6, 6.07) is 14.4. The Labute approximate surface area is 268 Å². The first-order valence-corrected chi connectivity index (χ1v) is 16.3. The number of anilines is 2. The Morgan fingerprint density at radius 1 is 1.05 bits per heavy atom. The van der Waals surface area contributed by atoms with Crippen molar-refractivity contribution in [3.63, 3.8) is 0 Å². The molecule has 3 saturated heterocycles. The number of amides is 3. The summed E-state index contributed by atoms with van der Waals surface area (Å²) in [6.07, 6.45) is 5.18. The minimum Gasteiger partial charge on any atom is -0.396 e. The molecule has 2 aromatic carbocycles. The molecule has 5 rings (SSSR count). The first kappa shape index (κ1) is 32.1. The number of ether oxygens (including phenoxy) is 1. The Kier molecular flexibility index (Phi) is 9.77. The van der Waals surface area contributed by atoms with Crippen LogP contribution in [0.5, 0.6) is 0 Å². The van der Waals surface area contributed by atoms with Crippen LogP contribution in [-0.4, -0.2) is 76.5 Å². The summed E-state index contributed by atoms with van der Waals surface area (Å²) in [7, 11) is 0. The van der Waals surface area contributed by atoms with Crippen molar-refractivity contribution in [3.8, 4) is 0 Å². The molecular formula is C35H42BrN3O5. The van der Waals surface area contributed by atoms with Crippen molar-refractivity contribution in [1.82, 2.24) is 4.90 Å². The number of hydrogen-bond donors (Lipinski definition) is 1. The van der Waals surface area contributed by atoms with Gasteiger partial charge < -0.3 is 24.5 Å². The van der Waals surface area contributed by atoms with E-state index in [1.54, 1.807) is 26.9 Å². The predicted molar refractivity (Wildman–Crippen MR) is 176 cm³/mol. The quantitative estimate of drug-likeness (QED) is 0.186. The number of hydrogen-bond acceptors (Lipinski definition) is 5. The predicted octanol–water partition coefficient (Wildman–Crippen LogP) is 4.95.